The summed E-state index contributed by atoms with van der Waals surface area (Å²) < 4.78 is 0. The van der Waals surface area contributed by atoms with Crippen LogP contribution >= 0.6 is 0 Å². The van der Waals surface area contributed by atoms with E-state index in [-0.39, 0.29) is 20.1 Å². The minimum atomic E-state index is 0. The van der Waals surface area contributed by atoms with Gasteiger partial charge in [0.1, 0.15) is 25.3 Å². The van der Waals surface area contributed by atoms with Crippen molar-refractivity contribution in [1.82, 2.24) is 29.9 Å². The van der Waals surface area contributed by atoms with Crippen LogP contribution in [0.2, 0.25) is 0 Å². The zero-order chi connectivity index (χ0) is 11.5. The number of hydrogen-bond donors (Lipinski definition) is 0. The van der Waals surface area contributed by atoms with E-state index in [9.17, 15) is 0 Å². The van der Waals surface area contributed by atoms with Gasteiger partial charge in [0, 0.05) is 33.2 Å². The monoisotopic (exact) mass is 420 g/mol. The zero-order valence-electron chi connectivity index (χ0n) is 9.21. The molecule has 0 spiro atoms. The van der Waals surface area contributed by atoms with Gasteiger partial charge in [0.05, 0.1) is 0 Å². The summed E-state index contributed by atoms with van der Waals surface area (Å²) >= 11 is 0. The normalized spacial score (nSPS) is 14.0. The largest absolute Gasteiger partial charge is 0.396 e. The van der Waals surface area contributed by atoms with E-state index in [0.29, 0.717) is 11.9 Å². The molecule has 3 heterocycles. The molecule has 0 N–H and O–H groups in total. The van der Waals surface area contributed by atoms with Crippen LogP contribution in [0.4, 0.5) is 11.9 Å². The molecule has 1 saturated heterocycles. The molecule has 0 atom stereocenters. The van der Waals surface area contributed by atoms with Crippen molar-refractivity contribution in [2.24, 2.45) is 0 Å². The third-order valence-electron chi connectivity index (χ3n) is 2.33. The summed E-state index contributed by atoms with van der Waals surface area (Å²) in [5.74, 6) is 1.24. The number of nitrogens with zero attached hydrogens (tertiary/aromatic N) is 8. The molecule has 92 valence electrons. The molecule has 0 amide bonds. The predicted molar refractivity (Wildman–Crippen MR) is 60.1 cm³/mol. The van der Waals surface area contributed by atoms with Gasteiger partial charge >= 0.3 is 7.55 Å². The molecule has 1 fully saturated rings. The minimum absolute atomic E-state index is 0. The van der Waals surface area contributed by atoms with Crippen molar-refractivity contribution in [2.45, 2.75) is 0 Å². The van der Waals surface area contributed by atoms with Gasteiger partial charge in [-0.1, -0.05) is 0 Å². The Bertz CT molecular complexity index is 439. The second-order valence-electron chi connectivity index (χ2n) is 3.38. The maximum absolute atomic E-state index is 4.08. The third kappa shape index (κ3) is 2.60. The van der Waals surface area contributed by atoms with Gasteiger partial charge in [-0.3, -0.25) is 0 Å². The molecular formula is C8H8BIrN8. The topological polar surface area (TPSA) is 83.8 Å². The third-order valence-corrected chi connectivity index (χ3v) is 2.33. The molecule has 2 radical (unpaired) electrons. The summed E-state index contributed by atoms with van der Waals surface area (Å²) in [6, 6.07) is 0. The van der Waals surface area contributed by atoms with Gasteiger partial charge in [-0.05, 0) is 0 Å². The molecule has 0 bridgehead atoms. The van der Waals surface area contributed by atoms with Crippen molar-refractivity contribution in [3.8, 4) is 0 Å². The van der Waals surface area contributed by atoms with E-state index in [0.717, 1.165) is 13.1 Å². The van der Waals surface area contributed by atoms with E-state index >= 15 is 0 Å². The number of hydrogen-bond acceptors (Lipinski definition) is 8. The molecule has 3 rings (SSSR count). The molecule has 0 saturated carbocycles. The van der Waals surface area contributed by atoms with Crippen LogP contribution in [0.5, 0.6) is 0 Å². The Kier molecular flexibility index (Phi) is 4.11. The first-order valence-electron chi connectivity index (χ1n) is 5.06. The predicted octanol–water partition coefficient (Wildman–Crippen LogP) is -1.09. The Hall–Kier alpha value is -1.67. The average Bonchev–Trinajstić information content (AvgIpc) is 2.90. The zero-order valence-corrected chi connectivity index (χ0v) is 11.6. The Labute approximate surface area is 118 Å². The van der Waals surface area contributed by atoms with E-state index in [1.54, 1.807) is 0 Å². The maximum Gasteiger partial charge on any atom is 0.396 e. The van der Waals surface area contributed by atoms with Gasteiger partial charge in [0.25, 0.3) is 0 Å². The second-order valence-corrected chi connectivity index (χ2v) is 3.38. The van der Waals surface area contributed by atoms with Crippen molar-refractivity contribution in [3.05, 3.63) is 25.3 Å². The van der Waals surface area contributed by atoms with Gasteiger partial charge < -0.3 is 9.62 Å². The van der Waals surface area contributed by atoms with Crippen LogP contribution in [-0.2, 0) is 20.1 Å². The van der Waals surface area contributed by atoms with Crippen LogP contribution in [0.15, 0.2) is 25.3 Å². The molecular weight excluding hydrogens is 411 g/mol. The van der Waals surface area contributed by atoms with E-state index in [2.05, 4.69) is 29.9 Å². The van der Waals surface area contributed by atoms with Crippen molar-refractivity contribution in [1.29, 1.82) is 0 Å². The molecule has 1 aliphatic heterocycles. The fraction of sp³-hybridized carbons (Fsp3) is 0.250. The fourth-order valence-electron chi connectivity index (χ4n) is 1.57. The quantitative estimate of drug-likeness (QED) is 0.569. The van der Waals surface area contributed by atoms with Crippen LogP contribution in [0, 0.1) is 0 Å². The van der Waals surface area contributed by atoms with Crippen molar-refractivity contribution in [3.63, 3.8) is 0 Å². The van der Waals surface area contributed by atoms with Crippen LogP contribution in [0.3, 0.4) is 0 Å². The maximum atomic E-state index is 4.08. The summed E-state index contributed by atoms with van der Waals surface area (Å²) in [7, 11) is 1.88. The SMILES string of the molecule is [B]1N(c2ncncn2)CCN1c1ncncn1.[Ir]. The van der Waals surface area contributed by atoms with Gasteiger partial charge in [-0.15, -0.1) is 0 Å². The molecule has 0 aliphatic carbocycles. The number of anilines is 2. The van der Waals surface area contributed by atoms with Crippen molar-refractivity contribution < 1.29 is 20.1 Å². The second kappa shape index (κ2) is 5.79. The van der Waals surface area contributed by atoms with Crippen molar-refractivity contribution in [2.75, 3.05) is 22.7 Å². The van der Waals surface area contributed by atoms with Crippen LogP contribution in [0.25, 0.3) is 0 Å². The minimum Gasteiger partial charge on any atom is -0.366 e. The molecule has 10 heteroatoms. The number of aromatic nitrogens is 6. The van der Waals surface area contributed by atoms with Gasteiger partial charge in [0.15, 0.2) is 0 Å². The molecule has 0 unspecified atom stereocenters. The summed E-state index contributed by atoms with van der Waals surface area (Å²) in [6.45, 7) is 1.57. The number of rotatable bonds is 2. The summed E-state index contributed by atoms with van der Waals surface area (Å²) in [5, 5.41) is 0. The van der Waals surface area contributed by atoms with Crippen LogP contribution in [0.1, 0.15) is 0 Å². The fourth-order valence-corrected chi connectivity index (χ4v) is 1.57. The first-order chi connectivity index (χ1) is 8.43. The summed E-state index contributed by atoms with van der Waals surface area (Å²) in [6.07, 6.45) is 5.90. The Morgan fingerprint density at radius 3 is 1.56 bits per heavy atom. The van der Waals surface area contributed by atoms with E-state index in [1.165, 1.54) is 25.3 Å². The smallest absolute Gasteiger partial charge is 0.366 e. The van der Waals surface area contributed by atoms with E-state index in [1.807, 2.05) is 17.2 Å². The summed E-state index contributed by atoms with van der Waals surface area (Å²) in [5.41, 5.74) is 0. The standard InChI is InChI=1S/C8H8BN8.Ir/c1-2-17(8-14-5-11-6-15-8)9-16(1)7-12-3-10-4-13-7;/h3-6H,1-2H2;. The first kappa shape index (κ1) is 12.8. The Morgan fingerprint density at radius 2 is 1.17 bits per heavy atom. The average molecular weight is 419 g/mol. The van der Waals surface area contributed by atoms with E-state index < -0.39 is 0 Å². The molecule has 0 aromatic carbocycles. The van der Waals surface area contributed by atoms with Crippen molar-refractivity contribution >= 4 is 19.4 Å². The van der Waals surface area contributed by atoms with Gasteiger partial charge in [0.2, 0.25) is 11.9 Å². The van der Waals surface area contributed by atoms with Gasteiger partial charge in [-0.25, -0.2) is 29.9 Å². The van der Waals surface area contributed by atoms with Crippen LogP contribution in [-0.4, -0.2) is 50.5 Å². The molecule has 1 aliphatic rings. The van der Waals surface area contributed by atoms with E-state index in [4.69, 9.17) is 0 Å². The van der Waals surface area contributed by atoms with Crippen LogP contribution < -0.4 is 9.62 Å². The Balaban J connectivity index is 0.00000120. The Morgan fingerprint density at radius 1 is 0.778 bits per heavy atom. The molecule has 2 aromatic rings. The summed E-state index contributed by atoms with van der Waals surface area (Å²) in [4.78, 5) is 27.7. The first-order valence-corrected chi connectivity index (χ1v) is 5.06. The van der Waals surface area contributed by atoms with Gasteiger partial charge in [-0.2, -0.15) is 0 Å². The molecule has 18 heavy (non-hydrogen) atoms. The molecule has 8 nitrogen and oxygen atoms in total. The molecule has 2 aromatic heterocycles.